The molecule has 52 heavy (non-hydrogen) atoms. The van der Waals surface area contributed by atoms with Gasteiger partial charge in [0, 0.05) is 0 Å². The van der Waals surface area contributed by atoms with Crippen LogP contribution in [0.2, 0.25) is 0 Å². The number of rotatable bonds is 22. The number of anilines is 3. The van der Waals surface area contributed by atoms with Gasteiger partial charge in [0.2, 0.25) is 0 Å². The molecule has 0 unspecified atom stereocenters. The number of benzene rings is 3. The van der Waals surface area contributed by atoms with Gasteiger partial charge in [0.05, 0.1) is 0 Å². The normalized spacial score (nSPS) is 11.4. The maximum absolute atomic E-state index is 11.4. The summed E-state index contributed by atoms with van der Waals surface area (Å²) in [5, 5.41) is 18.6. The van der Waals surface area contributed by atoms with E-state index in [9.17, 15) is 15.2 Å². The number of hydrogen-bond donors (Lipinski definition) is 1. The molecule has 0 atom stereocenters. The van der Waals surface area contributed by atoms with Gasteiger partial charge in [0.25, 0.3) is 0 Å². The first-order valence-corrected chi connectivity index (χ1v) is 20.8. The zero-order valence-corrected chi connectivity index (χ0v) is 32.7. The number of hydrogen-bond acceptors (Lipinski definition) is 8. The number of nitriles is 1. The van der Waals surface area contributed by atoms with Crippen molar-refractivity contribution in [3.8, 4) is 28.0 Å². The minimum atomic E-state index is -1.24. The van der Waals surface area contributed by atoms with Crippen LogP contribution in [0.3, 0.4) is 0 Å². The SMILES string of the molecule is CCCCCCCCOc1ccc(N(c2ccc(OCCCCCCCC)cc2)c2ccc(-c3ccc(/C=C(/C#N)C(=O)O)s3)c3n[se]nc23)cc1. The third-order valence-electron chi connectivity index (χ3n) is 8.89. The molecule has 1 N–H and O–H groups in total. The van der Waals surface area contributed by atoms with Gasteiger partial charge in [-0.25, -0.2) is 0 Å². The molecule has 3 aromatic carbocycles. The van der Waals surface area contributed by atoms with E-state index in [2.05, 4.69) is 55.1 Å². The molecule has 5 aromatic rings. The Hall–Kier alpha value is -4.42. The second-order valence-electron chi connectivity index (χ2n) is 12.8. The first-order valence-electron chi connectivity index (χ1n) is 18.5. The summed E-state index contributed by atoms with van der Waals surface area (Å²) in [6, 6.07) is 26.1. The number of carboxylic acids is 1. The molecule has 0 spiro atoms. The fourth-order valence-electron chi connectivity index (χ4n) is 6.05. The number of aliphatic carboxylic acids is 1. The number of aromatic nitrogens is 2. The van der Waals surface area contributed by atoms with Crippen LogP contribution in [0.4, 0.5) is 17.1 Å². The number of carboxylic acid groups (broad SMARTS) is 1. The van der Waals surface area contributed by atoms with Crippen LogP contribution in [-0.4, -0.2) is 47.2 Å². The van der Waals surface area contributed by atoms with Gasteiger partial charge in [-0.1, -0.05) is 65.2 Å². The zero-order chi connectivity index (χ0) is 36.5. The molecule has 0 radical (unpaired) electrons. The number of fused-ring (bicyclic) bond motifs is 1. The van der Waals surface area contributed by atoms with Gasteiger partial charge in [0.1, 0.15) is 0 Å². The van der Waals surface area contributed by atoms with Crippen LogP contribution in [0.1, 0.15) is 95.8 Å². The Morgan fingerprint density at radius 3 is 1.83 bits per heavy atom. The van der Waals surface area contributed by atoms with Crippen molar-refractivity contribution in [2.24, 2.45) is 0 Å². The Bertz CT molecular complexity index is 1870. The van der Waals surface area contributed by atoms with E-state index in [0.717, 1.165) is 62.9 Å². The van der Waals surface area contributed by atoms with Gasteiger partial charge < -0.3 is 0 Å². The monoisotopic (exact) mass is 784 g/mol. The maximum atomic E-state index is 11.4. The van der Waals surface area contributed by atoms with Crippen molar-refractivity contribution in [1.29, 1.82) is 5.26 Å². The van der Waals surface area contributed by atoms with Crippen LogP contribution < -0.4 is 14.4 Å². The molecule has 0 saturated carbocycles. The first-order chi connectivity index (χ1) is 25.5. The van der Waals surface area contributed by atoms with E-state index in [1.165, 1.54) is 81.6 Å². The fourth-order valence-corrected chi connectivity index (χ4v) is 8.22. The third kappa shape index (κ3) is 10.8. The van der Waals surface area contributed by atoms with Crippen LogP contribution in [0, 0.1) is 11.3 Å². The standard InChI is InChI=1S/C42H48N4O4SSe/c1-3-5-7-9-11-13-27-49-34-19-15-32(16-20-34)46(33-17-21-35(22-18-33)50-28-14-12-10-8-6-4-2)38-25-24-37(40-41(38)45-52-44-40)39-26-23-36(51-39)29-31(30-43)42(47)48/h15-26,29H,3-14,27-28H2,1-2H3,(H,47,48)/b31-29-. The summed E-state index contributed by atoms with van der Waals surface area (Å²) in [6.07, 6.45) is 16.1. The molecule has 10 heteroatoms. The topological polar surface area (TPSA) is 109 Å². The molecule has 0 bridgehead atoms. The van der Waals surface area contributed by atoms with Crippen molar-refractivity contribution < 1.29 is 19.4 Å². The van der Waals surface area contributed by atoms with Crippen LogP contribution >= 0.6 is 11.3 Å². The summed E-state index contributed by atoms with van der Waals surface area (Å²) in [5.41, 5.74) is 5.12. The minimum absolute atomic E-state index is 0.301. The van der Waals surface area contributed by atoms with E-state index in [1.807, 2.05) is 36.4 Å². The predicted octanol–water partition coefficient (Wildman–Crippen LogP) is 11.4. The van der Waals surface area contributed by atoms with Crippen molar-refractivity contribution in [2.75, 3.05) is 18.1 Å². The molecule has 0 amide bonds. The Kier molecular flexibility index (Phi) is 15.4. The summed E-state index contributed by atoms with van der Waals surface area (Å²) in [5.74, 6) is 0.461. The Morgan fingerprint density at radius 2 is 1.29 bits per heavy atom. The molecule has 8 nitrogen and oxygen atoms in total. The van der Waals surface area contributed by atoms with Crippen molar-refractivity contribution in [3.63, 3.8) is 0 Å². The number of nitrogens with zero attached hydrogens (tertiary/aromatic N) is 4. The number of carbonyl (C=O) groups is 1. The predicted molar refractivity (Wildman–Crippen MR) is 213 cm³/mol. The van der Waals surface area contributed by atoms with Crippen molar-refractivity contribution in [3.05, 3.63) is 83.2 Å². The molecule has 272 valence electrons. The molecule has 0 aliphatic carbocycles. The van der Waals surface area contributed by atoms with Crippen molar-refractivity contribution in [2.45, 2.75) is 90.9 Å². The summed E-state index contributed by atoms with van der Waals surface area (Å²) < 4.78 is 22.0. The Morgan fingerprint density at radius 1 is 0.750 bits per heavy atom. The quantitative estimate of drug-likeness (QED) is 0.0320. The summed E-state index contributed by atoms with van der Waals surface area (Å²) >= 11 is 1.11. The van der Waals surface area contributed by atoms with E-state index in [4.69, 9.17) is 17.4 Å². The van der Waals surface area contributed by atoms with E-state index in [1.54, 1.807) is 6.07 Å². The first kappa shape index (κ1) is 38.8. The summed E-state index contributed by atoms with van der Waals surface area (Å²) in [6.45, 7) is 5.90. The van der Waals surface area contributed by atoms with E-state index in [0.29, 0.717) is 18.1 Å². The van der Waals surface area contributed by atoms with Gasteiger partial charge >= 0.3 is 254 Å². The van der Waals surface area contributed by atoms with Crippen molar-refractivity contribution >= 4 is 66.4 Å². The molecule has 2 aromatic heterocycles. The van der Waals surface area contributed by atoms with Crippen LogP contribution in [0.15, 0.2) is 78.4 Å². The average Bonchev–Trinajstić information content (AvgIpc) is 3.85. The molecule has 5 rings (SSSR count). The average molecular weight is 784 g/mol. The Balaban J connectivity index is 1.40. The van der Waals surface area contributed by atoms with Crippen LogP contribution in [-0.2, 0) is 4.79 Å². The van der Waals surface area contributed by atoms with Gasteiger partial charge in [0.15, 0.2) is 0 Å². The number of unbranched alkanes of at least 4 members (excludes halogenated alkanes) is 10. The molecular formula is C42H48N4O4SSe. The second-order valence-corrected chi connectivity index (χ2v) is 15.1. The molecule has 0 aliphatic heterocycles. The number of thiophene rings is 1. The third-order valence-corrected chi connectivity index (χ3v) is 11.1. The second kappa shape index (κ2) is 20.6. The number of ether oxygens (including phenoxy) is 2. The fraction of sp³-hybridized carbons (Fsp3) is 0.381. The van der Waals surface area contributed by atoms with Crippen molar-refractivity contribution in [1.82, 2.24) is 7.96 Å². The molecular weight excluding hydrogens is 736 g/mol. The molecule has 2 heterocycles. The summed E-state index contributed by atoms with van der Waals surface area (Å²) in [4.78, 5) is 15.2. The van der Waals surface area contributed by atoms with Gasteiger partial charge in [-0.05, 0) is 0 Å². The van der Waals surface area contributed by atoms with Crippen LogP contribution in [0.25, 0.3) is 27.6 Å². The Labute approximate surface area is 318 Å². The van der Waals surface area contributed by atoms with Gasteiger partial charge in [-0.15, -0.1) is 0 Å². The molecule has 0 aliphatic rings. The molecule has 0 saturated heterocycles. The molecule has 0 fully saturated rings. The van der Waals surface area contributed by atoms with Gasteiger partial charge in [-0.3, -0.25) is 0 Å². The van der Waals surface area contributed by atoms with Gasteiger partial charge in [-0.2, -0.15) is 0 Å². The zero-order valence-electron chi connectivity index (χ0n) is 30.2. The van der Waals surface area contributed by atoms with Crippen LogP contribution in [0.5, 0.6) is 11.5 Å². The van der Waals surface area contributed by atoms with E-state index < -0.39 is 5.97 Å². The van der Waals surface area contributed by atoms with E-state index in [-0.39, 0.29) is 20.5 Å². The van der Waals surface area contributed by atoms with E-state index >= 15 is 0 Å². The summed E-state index contributed by atoms with van der Waals surface area (Å²) in [7, 11) is 0.